The lowest BCUT2D eigenvalue weighted by Gasteiger charge is -2.11. The first-order chi connectivity index (χ1) is 8.49. The quantitative estimate of drug-likeness (QED) is 0.600. The van der Waals surface area contributed by atoms with Crippen LogP contribution < -0.4 is 5.32 Å². The number of urea groups is 1. The third-order valence-corrected chi connectivity index (χ3v) is 2.76. The number of imide groups is 2. The molecule has 1 aliphatic heterocycles. The maximum Gasteiger partial charge on any atom is 0.331 e. The summed E-state index contributed by atoms with van der Waals surface area (Å²) in [4.78, 5) is 34.4. The Morgan fingerprint density at radius 2 is 1.94 bits per heavy atom. The zero-order valence-electron chi connectivity index (χ0n) is 10.3. The summed E-state index contributed by atoms with van der Waals surface area (Å²) in [7, 11) is 0. The Bertz CT molecular complexity index is 520. The SMILES string of the molecule is Cc1cc(C)n(CCCN2C(=O)NC(=O)C2=O)n1. The summed E-state index contributed by atoms with van der Waals surface area (Å²) in [6.07, 6.45) is 0.564. The molecule has 1 aromatic rings. The third-order valence-electron chi connectivity index (χ3n) is 2.76. The lowest BCUT2D eigenvalue weighted by molar-refractivity contribution is -0.140. The molecular formula is C11H14N4O3. The highest BCUT2D eigenvalue weighted by molar-refractivity contribution is 6.44. The highest BCUT2D eigenvalue weighted by atomic mass is 16.2. The molecule has 7 nitrogen and oxygen atoms in total. The lowest BCUT2D eigenvalue weighted by atomic mass is 10.3. The van der Waals surface area contributed by atoms with Gasteiger partial charge in [-0.3, -0.25) is 24.5 Å². The first kappa shape index (κ1) is 12.3. The molecule has 0 spiro atoms. The number of amides is 4. The van der Waals surface area contributed by atoms with Crippen molar-refractivity contribution in [3.63, 3.8) is 0 Å². The Balaban J connectivity index is 1.89. The normalized spacial score (nSPS) is 15.4. The van der Waals surface area contributed by atoms with Gasteiger partial charge in [0, 0.05) is 18.8 Å². The molecule has 1 aromatic heterocycles. The molecule has 0 unspecified atom stereocenters. The number of carbonyl (C=O) groups is 3. The molecule has 4 amide bonds. The predicted octanol–water partition coefficient (Wildman–Crippen LogP) is -0.0316. The summed E-state index contributed by atoms with van der Waals surface area (Å²) < 4.78 is 1.82. The van der Waals surface area contributed by atoms with E-state index in [4.69, 9.17) is 0 Å². The molecule has 1 saturated heterocycles. The number of hydrogen-bond acceptors (Lipinski definition) is 4. The van der Waals surface area contributed by atoms with Crippen LogP contribution in [0.15, 0.2) is 6.07 Å². The fourth-order valence-electron chi connectivity index (χ4n) is 1.92. The first-order valence-corrected chi connectivity index (χ1v) is 5.67. The van der Waals surface area contributed by atoms with Crippen molar-refractivity contribution in [3.8, 4) is 0 Å². The largest absolute Gasteiger partial charge is 0.331 e. The van der Waals surface area contributed by atoms with Crippen LogP contribution in [-0.4, -0.2) is 39.1 Å². The van der Waals surface area contributed by atoms with Crippen molar-refractivity contribution in [2.24, 2.45) is 0 Å². The molecule has 0 saturated carbocycles. The van der Waals surface area contributed by atoms with E-state index in [-0.39, 0.29) is 6.54 Å². The summed E-state index contributed by atoms with van der Waals surface area (Å²) in [6, 6.07) is 1.32. The Kier molecular flexibility index (Phi) is 3.14. The molecule has 96 valence electrons. The Morgan fingerprint density at radius 1 is 1.22 bits per heavy atom. The zero-order valence-corrected chi connectivity index (χ0v) is 10.3. The highest BCUT2D eigenvalue weighted by Gasteiger charge is 2.36. The Hall–Kier alpha value is -2.18. The molecule has 1 fully saturated rings. The molecule has 18 heavy (non-hydrogen) atoms. The molecule has 0 radical (unpaired) electrons. The molecule has 2 heterocycles. The third kappa shape index (κ3) is 2.24. The fourth-order valence-corrected chi connectivity index (χ4v) is 1.92. The molecule has 0 aromatic carbocycles. The van der Waals surface area contributed by atoms with E-state index in [1.54, 1.807) is 0 Å². The van der Waals surface area contributed by atoms with Crippen molar-refractivity contribution in [2.75, 3.05) is 6.54 Å². The number of rotatable bonds is 4. The van der Waals surface area contributed by atoms with Crippen molar-refractivity contribution in [1.82, 2.24) is 20.0 Å². The van der Waals surface area contributed by atoms with Crippen molar-refractivity contribution < 1.29 is 14.4 Å². The van der Waals surface area contributed by atoms with Crippen LogP contribution in [0.2, 0.25) is 0 Å². The molecule has 2 rings (SSSR count). The lowest BCUT2D eigenvalue weighted by Crippen LogP contribution is -2.32. The number of nitrogens with one attached hydrogen (secondary N) is 1. The number of aryl methyl sites for hydroxylation is 3. The van der Waals surface area contributed by atoms with Crippen LogP contribution in [0.4, 0.5) is 4.79 Å². The zero-order chi connectivity index (χ0) is 13.3. The van der Waals surface area contributed by atoms with Crippen LogP contribution in [0.5, 0.6) is 0 Å². The minimum atomic E-state index is -0.855. The molecule has 1 aliphatic rings. The van der Waals surface area contributed by atoms with Crippen LogP contribution in [-0.2, 0) is 16.1 Å². The number of hydrogen-bond donors (Lipinski definition) is 1. The van der Waals surface area contributed by atoms with Gasteiger partial charge in [-0.2, -0.15) is 5.10 Å². The van der Waals surface area contributed by atoms with Crippen LogP contribution in [0.3, 0.4) is 0 Å². The average molecular weight is 250 g/mol. The Morgan fingerprint density at radius 3 is 2.44 bits per heavy atom. The second kappa shape index (κ2) is 4.59. The molecule has 0 aliphatic carbocycles. The maximum atomic E-state index is 11.3. The van der Waals surface area contributed by atoms with Crippen molar-refractivity contribution in [1.29, 1.82) is 0 Å². The minimum absolute atomic E-state index is 0.217. The van der Waals surface area contributed by atoms with Crippen LogP contribution >= 0.6 is 0 Å². The summed E-state index contributed by atoms with van der Waals surface area (Å²) in [5.74, 6) is -1.64. The molecule has 1 N–H and O–H groups in total. The standard InChI is InChI=1S/C11H14N4O3/c1-7-6-8(2)15(13-7)5-3-4-14-10(17)9(16)12-11(14)18/h6H,3-5H2,1-2H3,(H,12,16,18). The van der Waals surface area contributed by atoms with E-state index in [1.165, 1.54) is 0 Å². The molecule has 0 atom stereocenters. The van der Waals surface area contributed by atoms with Gasteiger partial charge in [-0.25, -0.2) is 4.79 Å². The van der Waals surface area contributed by atoms with Gasteiger partial charge in [0.1, 0.15) is 0 Å². The average Bonchev–Trinajstić information content (AvgIpc) is 2.73. The van der Waals surface area contributed by atoms with E-state index in [9.17, 15) is 14.4 Å². The van der Waals surface area contributed by atoms with Gasteiger partial charge < -0.3 is 0 Å². The van der Waals surface area contributed by atoms with Gasteiger partial charge in [0.25, 0.3) is 0 Å². The van der Waals surface area contributed by atoms with E-state index >= 15 is 0 Å². The van der Waals surface area contributed by atoms with Crippen LogP contribution in [0.25, 0.3) is 0 Å². The second-order valence-corrected chi connectivity index (χ2v) is 4.22. The van der Waals surface area contributed by atoms with Crippen molar-refractivity contribution in [3.05, 3.63) is 17.5 Å². The van der Waals surface area contributed by atoms with Crippen LogP contribution in [0.1, 0.15) is 17.8 Å². The predicted molar refractivity (Wildman–Crippen MR) is 61.6 cm³/mol. The summed E-state index contributed by atoms with van der Waals surface area (Å²) >= 11 is 0. The van der Waals surface area contributed by atoms with Gasteiger partial charge in [-0.1, -0.05) is 0 Å². The second-order valence-electron chi connectivity index (χ2n) is 4.22. The van der Waals surface area contributed by atoms with Gasteiger partial charge in [-0.05, 0) is 26.3 Å². The van der Waals surface area contributed by atoms with Gasteiger partial charge in [0.2, 0.25) is 0 Å². The summed E-state index contributed by atoms with van der Waals surface area (Å²) in [5.41, 5.74) is 1.96. The van der Waals surface area contributed by atoms with E-state index in [2.05, 4.69) is 5.10 Å². The monoisotopic (exact) mass is 250 g/mol. The Labute approximate surface area is 104 Å². The number of nitrogens with zero attached hydrogens (tertiary/aromatic N) is 3. The van der Waals surface area contributed by atoms with E-state index < -0.39 is 17.8 Å². The van der Waals surface area contributed by atoms with E-state index in [0.717, 1.165) is 16.3 Å². The van der Waals surface area contributed by atoms with Gasteiger partial charge in [-0.15, -0.1) is 0 Å². The fraction of sp³-hybridized carbons (Fsp3) is 0.455. The minimum Gasteiger partial charge on any atom is -0.270 e. The van der Waals surface area contributed by atoms with Gasteiger partial charge in [0.05, 0.1) is 5.69 Å². The van der Waals surface area contributed by atoms with Crippen molar-refractivity contribution in [2.45, 2.75) is 26.8 Å². The number of carbonyl (C=O) groups excluding carboxylic acids is 3. The molecule has 0 bridgehead atoms. The van der Waals surface area contributed by atoms with Gasteiger partial charge in [0.15, 0.2) is 0 Å². The molecule has 7 heteroatoms. The first-order valence-electron chi connectivity index (χ1n) is 5.67. The summed E-state index contributed by atoms with van der Waals surface area (Å²) in [6.45, 7) is 4.66. The number of aromatic nitrogens is 2. The van der Waals surface area contributed by atoms with Crippen molar-refractivity contribution >= 4 is 17.8 Å². The van der Waals surface area contributed by atoms with E-state index in [0.29, 0.717) is 13.0 Å². The molecular weight excluding hydrogens is 236 g/mol. The van der Waals surface area contributed by atoms with Gasteiger partial charge >= 0.3 is 17.8 Å². The smallest absolute Gasteiger partial charge is 0.270 e. The highest BCUT2D eigenvalue weighted by Crippen LogP contribution is 2.05. The maximum absolute atomic E-state index is 11.3. The van der Waals surface area contributed by atoms with Crippen LogP contribution in [0, 0.1) is 13.8 Å². The summed E-state index contributed by atoms with van der Waals surface area (Å²) in [5, 5.41) is 6.23. The topological polar surface area (TPSA) is 84.3 Å². The van der Waals surface area contributed by atoms with E-state index in [1.807, 2.05) is 29.9 Å².